The molecule has 1 heterocycles. The molecule has 112 valence electrons. The van der Waals surface area contributed by atoms with Gasteiger partial charge >= 0.3 is 0 Å². The molecule has 0 saturated heterocycles. The maximum atomic E-state index is 12.5. The summed E-state index contributed by atoms with van der Waals surface area (Å²) in [5, 5.41) is 5.88. The lowest BCUT2D eigenvalue weighted by atomic mass is 9.81. The number of rotatable bonds is 6. The highest BCUT2D eigenvalue weighted by Gasteiger charge is 2.33. The smallest absolute Gasteiger partial charge is 0.231 e. The summed E-state index contributed by atoms with van der Waals surface area (Å²) >= 11 is 1.58. The Kier molecular flexibility index (Phi) is 5.09. The molecule has 1 aromatic carbocycles. The number of nitrogens with two attached hydrogens (primary N) is 1. The largest absolute Gasteiger partial charge is 0.329 e. The Morgan fingerprint density at radius 1 is 1.38 bits per heavy atom. The first-order chi connectivity index (χ1) is 10.1. The van der Waals surface area contributed by atoms with Gasteiger partial charge in [0.1, 0.15) is 5.01 Å². The number of aromatic nitrogens is 1. The molecule has 1 amide bonds. The van der Waals surface area contributed by atoms with Gasteiger partial charge in [0.25, 0.3) is 0 Å². The van der Waals surface area contributed by atoms with Crippen LogP contribution >= 0.6 is 11.3 Å². The molecular formula is C16H21N3OS. The predicted octanol–water partition coefficient (Wildman–Crippen LogP) is 3.51. The molecule has 0 radical (unpaired) electrons. The average Bonchev–Trinajstić information content (AvgIpc) is 3.04. The molecule has 0 atom stereocenters. The first-order valence-corrected chi connectivity index (χ1v) is 8.04. The quantitative estimate of drug-likeness (QED) is 0.858. The van der Waals surface area contributed by atoms with Gasteiger partial charge in [-0.1, -0.05) is 26.0 Å². The van der Waals surface area contributed by atoms with Gasteiger partial charge < -0.3 is 11.1 Å². The fourth-order valence-electron chi connectivity index (χ4n) is 2.31. The number of hydrogen-bond donors (Lipinski definition) is 2. The summed E-state index contributed by atoms with van der Waals surface area (Å²) in [7, 11) is 0. The Labute approximate surface area is 129 Å². The Morgan fingerprint density at radius 2 is 2.14 bits per heavy atom. The van der Waals surface area contributed by atoms with Crippen LogP contribution in [0.2, 0.25) is 0 Å². The fourth-order valence-corrected chi connectivity index (χ4v) is 2.95. The van der Waals surface area contributed by atoms with Gasteiger partial charge in [-0.05, 0) is 25.0 Å². The second-order valence-corrected chi connectivity index (χ2v) is 5.96. The molecule has 0 fully saturated rings. The Bertz CT molecular complexity index is 583. The second kappa shape index (κ2) is 6.83. The fraction of sp³-hybridized carbons (Fsp3) is 0.375. The third-order valence-corrected chi connectivity index (χ3v) is 4.85. The van der Waals surface area contributed by atoms with Crippen LogP contribution < -0.4 is 11.1 Å². The standard InChI is InChI=1S/C16H21N3OS/c1-3-16(4-2,11-17)15(20)19-13-7-5-6-12(10-13)14-18-8-9-21-14/h5-10H,3-4,11,17H2,1-2H3,(H,19,20). The van der Waals surface area contributed by atoms with Crippen LogP contribution in [0.15, 0.2) is 35.8 Å². The third-order valence-electron chi connectivity index (χ3n) is 4.03. The molecule has 2 aromatic rings. The van der Waals surface area contributed by atoms with Crippen molar-refractivity contribution < 1.29 is 4.79 Å². The van der Waals surface area contributed by atoms with Crippen LogP contribution in [-0.4, -0.2) is 17.4 Å². The van der Waals surface area contributed by atoms with Crippen molar-refractivity contribution in [3.63, 3.8) is 0 Å². The lowest BCUT2D eigenvalue weighted by Gasteiger charge is -2.28. The van der Waals surface area contributed by atoms with Crippen LogP contribution in [0.3, 0.4) is 0 Å². The molecule has 0 saturated carbocycles. The Morgan fingerprint density at radius 3 is 2.71 bits per heavy atom. The van der Waals surface area contributed by atoms with Crippen molar-refractivity contribution in [1.82, 2.24) is 4.98 Å². The van der Waals surface area contributed by atoms with Gasteiger partial charge in [0.2, 0.25) is 5.91 Å². The summed E-state index contributed by atoms with van der Waals surface area (Å²) in [6.45, 7) is 4.36. The third kappa shape index (κ3) is 3.31. The topological polar surface area (TPSA) is 68.0 Å². The van der Waals surface area contributed by atoms with Gasteiger partial charge in [-0.25, -0.2) is 4.98 Å². The van der Waals surface area contributed by atoms with Crippen molar-refractivity contribution in [1.29, 1.82) is 0 Å². The predicted molar refractivity (Wildman–Crippen MR) is 88.2 cm³/mol. The van der Waals surface area contributed by atoms with Crippen molar-refractivity contribution in [3.05, 3.63) is 35.8 Å². The van der Waals surface area contributed by atoms with Gasteiger partial charge in [0.15, 0.2) is 0 Å². The minimum Gasteiger partial charge on any atom is -0.329 e. The molecule has 0 spiro atoms. The van der Waals surface area contributed by atoms with Gasteiger partial charge in [-0.2, -0.15) is 0 Å². The van der Waals surface area contributed by atoms with E-state index in [1.165, 1.54) is 0 Å². The number of nitrogens with zero attached hydrogens (tertiary/aromatic N) is 1. The minimum atomic E-state index is -0.489. The number of carbonyl (C=O) groups is 1. The highest BCUT2D eigenvalue weighted by molar-refractivity contribution is 7.13. The molecule has 5 heteroatoms. The molecule has 3 N–H and O–H groups in total. The van der Waals surface area contributed by atoms with E-state index in [1.807, 2.05) is 43.5 Å². The van der Waals surface area contributed by atoms with E-state index in [1.54, 1.807) is 17.5 Å². The summed E-state index contributed by atoms with van der Waals surface area (Å²) in [4.78, 5) is 16.8. The van der Waals surface area contributed by atoms with E-state index in [0.29, 0.717) is 6.54 Å². The monoisotopic (exact) mass is 303 g/mol. The number of anilines is 1. The van der Waals surface area contributed by atoms with Crippen LogP contribution in [0.4, 0.5) is 5.69 Å². The van der Waals surface area contributed by atoms with Gasteiger partial charge in [0, 0.05) is 29.4 Å². The van der Waals surface area contributed by atoms with Crippen molar-refractivity contribution >= 4 is 22.9 Å². The van der Waals surface area contributed by atoms with Crippen molar-refractivity contribution in [2.75, 3.05) is 11.9 Å². The molecule has 0 aliphatic heterocycles. The molecular weight excluding hydrogens is 282 g/mol. The second-order valence-electron chi connectivity index (χ2n) is 5.06. The Balaban J connectivity index is 2.20. The van der Waals surface area contributed by atoms with E-state index in [0.717, 1.165) is 29.1 Å². The zero-order valence-corrected chi connectivity index (χ0v) is 13.2. The highest BCUT2D eigenvalue weighted by Crippen LogP contribution is 2.29. The van der Waals surface area contributed by atoms with Crippen molar-refractivity contribution in [2.45, 2.75) is 26.7 Å². The maximum absolute atomic E-state index is 12.5. The summed E-state index contributed by atoms with van der Waals surface area (Å²) in [6, 6.07) is 7.75. The number of thiazole rings is 1. The van der Waals surface area contributed by atoms with E-state index in [-0.39, 0.29) is 5.91 Å². The lowest BCUT2D eigenvalue weighted by molar-refractivity contribution is -0.125. The van der Waals surface area contributed by atoms with E-state index in [9.17, 15) is 4.79 Å². The van der Waals surface area contributed by atoms with Crippen molar-refractivity contribution in [2.24, 2.45) is 11.1 Å². The Hall–Kier alpha value is -1.72. The number of carbonyl (C=O) groups excluding carboxylic acids is 1. The average molecular weight is 303 g/mol. The molecule has 1 aromatic heterocycles. The maximum Gasteiger partial charge on any atom is 0.231 e. The molecule has 4 nitrogen and oxygen atoms in total. The van der Waals surface area contributed by atoms with E-state index >= 15 is 0 Å². The van der Waals surface area contributed by atoms with Crippen LogP contribution in [0.5, 0.6) is 0 Å². The number of amides is 1. The molecule has 0 bridgehead atoms. The summed E-state index contributed by atoms with van der Waals surface area (Å²) in [5.41, 5.74) is 7.13. The number of nitrogens with one attached hydrogen (secondary N) is 1. The summed E-state index contributed by atoms with van der Waals surface area (Å²) in [5.74, 6) is -0.00807. The molecule has 21 heavy (non-hydrogen) atoms. The SMILES string of the molecule is CCC(CC)(CN)C(=O)Nc1cccc(-c2nccs2)c1. The van der Waals surface area contributed by atoms with Gasteiger partial charge in [0.05, 0.1) is 5.41 Å². The first kappa shape index (κ1) is 15.7. The first-order valence-electron chi connectivity index (χ1n) is 7.16. The van der Waals surface area contributed by atoms with Gasteiger partial charge in [-0.15, -0.1) is 11.3 Å². The zero-order valence-electron chi connectivity index (χ0n) is 12.4. The zero-order chi connectivity index (χ0) is 15.3. The van der Waals surface area contributed by atoms with Gasteiger partial charge in [-0.3, -0.25) is 4.79 Å². The molecule has 0 aliphatic rings. The minimum absolute atomic E-state index is 0.00807. The van der Waals surface area contributed by atoms with E-state index < -0.39 is 5.41 Å². The number of benzene rings is 1. The number of hydrogen-bond acceptors (Lipinski definition) is 4. The van der Waals surface area contributed by atoms with Crippen LogP contribution in [-0.2, 0) is 4.79 Å². The highest BCUT2D eigenvalue weighted by atomic mass is 32.1. The summed E-state index contributed by atoms with van der Waals surface area (Å²) in [6.07, 6.45) is 3.24. The van der Waals surface area contributed by atoms with Crippen LogP contribution in [0.1, 0.15) is 26.7 Å². The lowest BCUT2D eigenvalue weighted by Crippen LogP contribution is -2.41. The van der Waals surface area contributed by atoms with E-state index in [2.05, 4.69) is 10.3 Å². The van der Waals surface area contributed by atoms with Crippen LogP contribution in [0.25, 0.3) is 10.6 Å². The molecule has 2 rings (SSSR count). The summed E-state index contributed by atoms with van der Waals surface area (Å²) < 4.78 is 0. The van der Waals surface area contributed by atoms with Crippen molar-refractivity contribution in [3.8, 4) is 10.6 Å². The van der Waals surface area contributed by atoms with Crippen LogP contribution in [0, 0.1) is 5.41 Å². The normalized spacial score (nSPS) is 11.4. The van der Waals surface area contributed by atoms with E-state index in [4.69, 9.17) is 5.73 Å². The molecule has 0 aliphatic carbocycles. The molecule has 0 unspecified atom stereocenters.